The Kier molecular flexibility index (Phi) is 6.63. The van der Waals surface area contributed by atoms with Crippen LogP contribution in [0.5, 0.6) is 11.5 Å². The average molecular weight is 450 g/mol. The quantitative estimate of drug-likeness (QED) is 0.598. The molecular formula is C25H27N3O5. The van der Waals surface area contributed by atoms with Gasteiger partial charge in [0.15, 0.2) is 11.5 Å². The van der Waals surface area contributed by atoms with E-state index in [1.54, 1.807) is 0 Å². The topological polar surface area (TPSA) is 91.6 Å². The number of benzene rings is 2. The van der Waals surface area contributed by atoms with Gasteiger partial charge in [-0.05, 0) is 29.2 Å². The smallest absolute Gasteiger partial charge is 0.331 e. The Labute approximate surface area is 191 Å². The molecule has 1 atom stereocenters. The summed E-state index contributed by atoms with van der Waals surface area (Å²) in [6, 6.07) is 16.0. The van der Waals surface area contributed by atoms with Crippen LogP contribution in [-0.4, -0.2) is 28.3 Å². The molecule has 172 valence electrons. The zero-order valence-electron chi connectivity index (χ0n) is 18.7. The number of carbonyl (C=O) groups is 1. The summed E-state index contributed by atoms with van der Waals surface area (Å²) in [5, 5.41) is 2.97. The number of nitrogens with zero attached hydrogens (tertiary/aromatic N) is 2. The van der Waals surface area contributed by atoms with Gasteiger partial charge in [0, 0.05) is 12.3 Å². The lowest BCUT2D eigenvalue weighted by Gasteiger charge is -2.25. The largest absolute Gasteiger partial charge is 0.486 e. The number of amides is 1. The molecule has 0 unspecified atom stereocenters. The number of hydrogen-bond donors (Lipinski definition) is 1. The van der Waals surface area contributed by atoms with Gasteiger partial charge in [0.2, 0.25) is 5.91 Å². The molecule has 2 heterocycles. The maximum atomic E-state index is 12.9. The van der Waals surface area contributed by atoms with Crippen LogP contribution >= 0.6 is 0 Å². The zero-order chi connectivity index (χ0) is 23.4. The average Bonchev–Trinajstić information content (AvgIpc) is 2.82. The van der Waals surface area contributed by atoms with Gasteiger partial charge in [0.1, 0.15) is 19.8 Å². The number of hydrogen-bond acceptors (Lipinski definition) is 5. The minimum absolute atomic E-state index is 0.0683. The molecule has 1 aliphatic heterocycles. The molecule has 1 amide bonds. The van der Waals surface area contributed by atoms with Crippen molar-refractivity contribution in [2.24, 2.45) is 5.92 Å². The third-order valence-electron chi connectivity index (χ3n) is 5.55. The fourth-order valence-electron chi connectivity index (χ4n) is 3.85. The minimum Gasteiger partial charge on any atom is -0.486 e. The van der Waals surface area contributed by atoms with Gasteiger partial charge in [-0.3, -0.25) is 18.7 Å². The number of carbonyl (C=O) groups excluding carboxylic acids is 1. The summed E-state index contributed by atoms with van der Waals surface area (Å²) in [5.74, 6) is 0.967. The standard InChI is InChI=1S/C25H27N3O5/c1-17(2)24(19-8-9-20-21(14-19)33-13-12-32-20)26-22(29)16-28-23(30)10-11-27(25(28)31)15-18-6-4-3-5-7-18/h3-11,14,17,24H,12-13,15-16H2,1-2H3,(H,26,29)/t24-/m0/s1. The highest BCUT2D eigenvalue weighted by molar-refractivity contribution is 5.76. The number of aromatic nitrogens is 2. The van der Waals surface area contributed by atoms with Gasteiger partial charge < -0.3 is 14.8 Å². The van der Waals surface area contributed by atoms with Crippen molar-refractivity contribution in [3.63, 3.8) is 0 Å². The normalized spacial score (nSPS) is 13.5. The van der Waals surface area contributed by atoms with E-state index in [1.165, 1.54) is 16.8 Å². The second kappa shape index (κ2) is 9.77. The maximum Gasteiger partial charge on any atom is 0.331 e. The highest BCUT2D eigenvalue weighted by Crippen LogP contribution is 2.34. The summed E-state index contributed by atoms with van der Waals surface area (Å²) in [5.41, 5.74) is 0.749. The summed E-state index contributed by atoms with van der Waals surface area (Å²) >= 11 is 0. The molecule has 0 fully saturated rings. The van der Waals surface area contributed by atoms with Crippen LogP contribution in [0.15, 0.2) is 70.4 Å². The Morgan fingerprint density at radius 2 is 1.73 bits per heavy atom. The number of ether oxygens (including phenoxy) is 2. The molecule has 2 aromatic carbocycles. The van der Waals surface area contributed by atoms with E-state index in [4.69, 9.17) is 9.47 Å². The van der Waals surface area contributed by atoms with Crippen molar-refractivity contribution in [3.05, 3.63) is 92.8 Å². The Morgan fingerprint density at radius 1 is 1.00 bits per heavy atom. The van der Waals surface area contributed by atoms with Crippen molar-refractivity contribution in [2.75, 3.05) is 13.2 Å². The lowest BCUT2D eigenvalue weighted by atomic mass is 9.95. The molecule has 1 N–H and O–H groups in total. The Balaban J connectivity index is 1.53. The molecule has 4 rings (SSSR count). The van der Waals surface area contributed by atoms with Crippen LogP contribution in [0.2, 0.25) is 0 Å². The molecule has 8 nitrogen and oxygen atoms in total. The van der Waals surface area contributed by atoms with E-state index in [0.717, 1.165) is 15.7 Å². The van der Waals surface area contributed by atoms with E-state index in [0.29, 0.717) is 31.3 Å². The molecular weight excluding hydrogens is 422 g/mol. The first-order chi connectivity index (χ1) is 15.9. The van der Waals surface area contributed by atoms with Gasteiger partial charge in [-0.15, -0.1) is 0 Å². The first kappa shape index (κ1) is 22.4. The van der Waals surface area contributed by atoms with E-state index >= 15 is 0 Å². The summed E-state index contributed by atoms with van der Waals surface area (Å²) in [7, 11) is 0. The van der Waals surface area contributed by atoms with Crippen LogP contribution in [-0.2, 0) is 17.9 Å². The summed E-state index contributed by atoms with van der Waals surface area (Å²) in [4.78, 5) is 38.2. The monoisotopic (exact) mass is 449 g/mol. The lowest BCUT2D eigenvalue weighted by molar-refractivity contribution is -0.122. The van der Waals surface area contributed by atoms with Crippen molar-refractivity contribution in [2.45, 2.75) is 33.0 Å². The molecule has 0 saturated carbocycles. The Morgan fingerprint density at radius 3 is 2.45 bits per heavy atom. The van der Waals surface area contributed by atoms with Gasteiger partial charge >= 0.3 is 5.69 Å². The van der Waals surface area contributed by atoms with Crippen molar-refractivity contribution in [1.82, 2.24) is 14.5 Å². The fraction of sp³-hybridized carbons (Fsp3) is 0.320. The van der Waals surface area contributed by atoms with Crippen LogP contribution in [0.25, 0.3) is 0 Å². The number of fused-ring (bicyclic) bond motifs is 1. The molecule has 1 aromatic heterocycles. The van der Waals surface area contributed by atoms with E-state index in [9.17, 15) is 14.4 Å². The molecule has 33 heavy (non-hydrogen) atoms. The second-order valence-corrected chi connectivity index (χ2v) is 8.33. The Hall–Kier alpha value is -3.81. The van der Waals surface area contributed by atoms with Crippen LogP contribution in [0, 0.1) is 5.92 Å². The van der Waals surface area contributed by atoms with E-state index in [1.807, 2.05) is 62.4 Å². The molecule has 8 heteroatoms. The number of nitrogens with one attached hydrogen (secondary N) is 1. The highest BCUT2D eigenvalue weighted by Gasteiger charge is 2.22. The zero-order valence-corrected chi connectivity index (χ0v) is 18.7. The van der Waals surface area contributed by atoms with E-state index in [2.05, 4.69) is 5.32 Å². The van der Waals surface area contributed by atoms with Gasteiger partial charge in [0.25, 0.3) is 5.56 Å². The van der Waals surface area contributed by atoms with E-state index < -0.39 is 17.2 Å². The van der Waals surface area contributed by atoms with Crippen molar-refractivity contribution in [1.29, 1.82) is 0 Å². The van der Waals surface area contributed by atoms with E-state index in [-0.39, 0.29) is 18.5 Å². The third-order valence-corrected chi connectivity index (χ3v) is 5.55. The lowest BCUT2D eigenvalue weighted by Crippen LogP contribution is -2.44. The van der Waals surface area contributed by atoms with Crippen LogP contribution in [0.1, 0.15) is 31.0 Å². The van der Waals surface area contributed by atoms with Crippen molar-refractivity contribution >= 4 is 5.91 Å². The molecule has 0 bridgehead atoms. The van der Waals surface area contributed by atoms with Crippen molar-refractivity contribution in [3.8, 4) is 11.5 Å². The van der Waals surface area contributed by atoms with Gasteiger partial charge in [0.05, 0.1) is 12.6 Å². The van der Waals surface area contributed by atoms with Crippen LogP contribution in [0.3, 0.4) is 0 Å². The van der Waals surface area contributed by atoms with Crippen molar-refractivity contribution < 1.29 is 14.3 Å². The first-order valence-corrected chi connectivity index (χ1v) is 11.0. The molecule has 1 aliphatic rings. The second-order valence-electron chi connectivity index (χ2n) is 8.33. The van der Waals surface area contributed by atoms with Crippen LogP contribution in [0.4, 0.5) is 0 Å². The Bertz CT molecular complexity index is 1250. The SMILES string of the molecule is CC(C)[C@H](NC(=O)Cn1c(=O)ccn(Cc2ccccc2)c1=O)c1ccc2c(c1)OCCO2. The fourth-order valence-corrected chi connectivity index (χ4v) is 3.85. The summed E-state index contributed by atoms with van der Waals surface area (Å²) in [6.07, 6.45) is 1.46. The molecule has 3 aromatic rings. The number of rotatable bonds is 7. The molecule has 0 aliphatic carbocycles. The molecule has 0 radical (unpaired) electrons. The van der Waals surface area contributed by atoms with Gasteiger partial charge in [-0.25, -0.2) is 4.79 Å². The highest BCUT2D eigenvalue weighted by atomic mass is 16.6. The minimum atomic E-state index is -0.526. The predicted octanol–water partition coefficient (Wildman–Crippen LogP) is 2.34. The molecule has 0 spiro atoms. The summed E-state index contributed by atoms with van der Waals surface area (Å²) < 4.78 is 13.6. The third kappa shape index (κ3) is 5.16. The van der Waals surface area contributed by atoms with Gasteiger partial charge in [-0.2, -0.15) is 0 Å². The summed E-state index contributed by atoms with van der Waals surface area (Å²) in [6.45, 7) is 4.91. The molecule has 0 saturated heterocycles. The maximum absolute atomic E-state index is 12.9. The van der Waals surface area contributed by atoms with Crippen LogP contribution < -0.4 is 26.0 Å². The predicted molar refractivity (Wildman–Crippen MR) is 124 cm³/mol. The first-order valence-electron chi connectivity index (χ1n) is 11.0. The van der Waals surface area contributed by atoms with Gasteiger partial charge in [-0.1, -0.05) is 50.2 Å².